The Balaban J connectivity index is 1.52. The molecule has 2 aromatic rings. The molecule has 1 aromatic heterocycles. The number of halogens is 1. The molecule has 8 heteroatoms. The van der Waals surface area contributed by atoms with Gasteiger partial charge in [0.1, 0.15) is 11.6 Å². The number of aryl methyl sites for hydroxylation is 1. The molecule has 1 N–H and O–H groups in total. The van der Waals surface area contributed by atoms with E-state index >= 15 is 0 Å². The number of ether oxygens (including phenoxy) is 1. The van der Waals surface area contributed by atoms with Gasteiger partial charge in [0.25, 0.3) is 5.91 Å². The zero-order valence-electron chi connectivity index (χ0n) is 15.6. The molecule has 0 radical (unpaired) electrons. The van der Waals surface area contributed by atoms with E-state index in [0.29, 0.717) is 11.3 Å². The number of anilines is 1. The second-order valence-corrected chi connectivity index (χ2v) is 6.79. The van der Waals surface area contributed by atoms with Crippen LogP contribution in [0, 0.1) is 18.7 Å². The average molecular weight is 388 g/mol. The standard InChI is InChI=1S/C20H21FN2O5/c1-12-5-6-15(9-17(12)21)22-19(25)13(2)28-20(26)14-8-18(24)23(10-14)11-16-4-3-7-27-16/h3-7,9,13-14H,8,10-11H2,1-2H3,(H,22,25)/t13-,14-/m0/s1. The van der Waals surface area contributed by atoms with E-state index < -0.39 is 29.7 Å². The zero-order chi connectivity index (χ0) is 20.3. The number of rotatable bonds is 6. The van der Waals surface area contributed by atoms with Gasteiger partial charge in [-0.2, -0.15) is 0 Å². The second kappa shape index (κ2) is 8.24. The Labute approximate surface area is 161 Å². The average Bonchev–Trinajstić information content (AvgIpc) is 3.28. The first-order valence-corrected chi connectivity index (χ1v) is 8.91. The summed E-state index contributed by atoms with van der Waals surface area (Å²) in [5.74, 6) is -1.83. The first kappa shape index (κ1) is 19.6. The number of nitrogens with one attached hydrogen (secondary N) is 1. The number of hydrogen-bond acceptors (Lipinski definition) is 5. The Kier molecular flexibility index (Phi) is 5.77. The van der Waals surface area contributed by atoms with Crippen molar-refractivity contribution in [3.05, 3.63) is 53.7 Å². The molecule has 0 unspecified atom stereocenters. The van der Waals surface area contributed by atoms with Gasteiger partial charge in [0.2, 0.25) is 5.91 Å². The summed E-state index contributed by atoms with van der Waals surface area (Å²) in [4.78, 5) is 38.2. The van der Waals surface area contributed by atoms with Crippen molar-refractivity contribution < 1.29 is 27.9 Å². The molecule has 0 aliphatic carbocycles. The van der Waals surface area contributed by atoms with Crippen molar-refractivity contribution in [2.45, 2.75) is 32.9 Å². The van der Waals surface area contributed by atoms with E-state index in [4.69, 9.17) is 9.15 Å². The Bertz CT molecular complexity index is 881. The lowest BCUT2D eigenvalue weighted by Gasteiger charge is -2.17. The molecule has 28 heavy (non-hydrogen) atoms. The molecular formula is C20H21FN2O5. The van der Waals surface area contributed by atoms with Crippen LogP contribution in [0.1, 0.15) is 24.7 Å². The van der Waals surface area contributed by atoms with Gasteiger partial charge in [-0.1, -0.05) is 6.07 Å². The Hall–Kier alpha value is -3.16. The second-order valence-electron chi connectivity index (χ2n) is 6.79. The van der Waals surface area contributed by atoms with Gasteiger partial charge in [0.05, 0.1) is 18.7 Å². The molecule has 7 nitrogen and oxygen atoms in total. The molecule has 2 amide bonds. The lowest BCUT2D eigenvalue weighted by atomic mass is 10.1. The van der Waals surface area contributed by atoms with Crippen LogP contribution in [0.3, 0.4) is 0 Å². The van der Waals surface area contributed by atoms with Gasteiger partial charge in [0, 0.05) is 18.7 Å². The number of benzene rings is 1. The highest BCUT2D eigenvalue weighted by Gasteiger charge is 2.36. The molecule has 2 atom stereocenters. The van der Waals surface area contributed by atoms with Crippen LogP contribution < -0.4 is 5.32 Å². The summed E-state index contributed by atoms with van der Waals surface area (Å²) in [5.41, 5.74) is 0.735. The van der Waals surface area contributed by atoms with Gasteiger partial charge in [-0.15, -0.1) is 0 Å². The third-order valence-corrected chi connectivity index (χ3v) is 4.58. The van der Waals surface area contributed by atoms with Crippen molar-refractivity contribution in [3.8, 4) is 0 Å². The van der Waals surface area contributed by atoms with E-state index in [0.717, 1.165) is 0 Å². The molecule has 1 aliphatic rings. The minimum absolute atomic E-state index is 0.0249. The summed E-state index contributed by atoms with van der Waals surface area (Å²) in [6.45, 7) is 3.53. The van der Waals surface area contributed by atoms with Crippen LogP contribution >= 0.6 is 0 Å². The first-order valence-electron chi connectivity index (χ1n) is 8.91. The molecule has 1 aliphatic heterocycles. The fourth-order valence-electron chi connectivity index (χ4n) is 2.91. The Morgan fingerprint density at radius 1 is 1.39 bits per heavy atom. The normalized spacial score (nSPS) is 17.5. The first-order chi connectivity index (χ1) is 13.3. The molecule has 1 fully saturated rings. The number of likely N-dealkylation sites (tertiary alicyclic amines) is 1. The Morgan fingerprint density at radius 3 is 2.86 bits per heavy atom. The van der Waals surface area contributed by atoms with Crippen LogP contribution in [0.25, 0.3) is 0 Å². The van der Waals surface area contributed by atoms with E-state index in [-0.39, 0.29) is 31.1 Å². The van der Waals surface area contributed by atoms with Gasteiger partial charge in [-0.05, 0) is 43.7 Å². The minimum Gasteiger partial charge on any atom is -0.467 e. The lowest BCUT2D eigenvalue weighted by Crippen LogP contribution is -2.33. The number of amides is 2. The zero-order valence-corrected chi connectivity index (χ0v) is 15.6. The molecular weight excluding hydrogens is 367 g/mol. The van der Waals surface area contributed by atoms with E-state index in [1.54, 1.807) is 31.2 Å². The molecule has 0 spiro atoms. The SMILES string of the molecule is Cc1ccc(NC(=O)[C@H](C)OC(=O)[C@H]2CC(=O)N(Cc3ccco3)C2)cc1F. The van der Waals surface area contributed by atoms with E-state index in [1.165, 1.54) is 24.2 Å². The maximum absolute atomic E-state index is 13.6. The molecule has 2 heterocycles. The van der Waals surface area contributed by atoms with Crippen molar-refractivity contribution >= 4 is 23.5 Å². The van der Waals surface area contributed by atoms with Gasteiger partial charge >= 0.3 is 5.97 Å². The highest BCUT2D eigenvalue weighted by molar-refractivity contribution is 5.95. The van der Waals surface area contributed by atoms with Crippen LogP contribution in [-0.2, 0) is 25.7 Å². The van der Waals surface area contributed by atoms with Crippen LogP contribution in [0.5, 0.6) is 0 Å². The highest BCUT2D eigenvalue weighted by atomic mass is 19.1. The summed E-state index contributed by atoms with van der Waals surface area (Å²) < 4.78 is 24.0. The fourth-order valence-corrected chi connectivity index (χ4v) is 2.91. The van der Waals surface area contributed by atoms with Crippen molar-refractivity contribution in [3.63, 3.8) is 0 Å². The summed E-state index contributed by atoms with van der Waals surface area (Å²) in [7, 11) is 0. The van der Waals surface area contributed by atoms with E-state index in [9.17, 15) is 18.8 Å². The maximum Gasteiger partial charge on any atom is 0.312 e. The highest BCUT2D eigenvalue weighted by Crippen LogP contribution is 2.22. The van der Waals surface area contributed by atoms with Crippen molar-refractivity contribution in [1.82, 2.24) is 4.90 Å². The fraction of sp³-hybridized carbons (Fsp3) is 0.350. The van der Waals surface area contributed by atoms with Crippen LogP contribution in [-0.4, -0.2) is 35.3 Å². The smallest absolute Gasteiger partial charge is 0.312 e. The molecule has 148 valence electrons. The number of nitrogens with zero attached hydrogens (tertiary/aromatic N) is 1. The number of furan rings is 1. The Morgan fingerprint density at radius 2 is 2.18 bits per heavy atom. The number of carbonyl (C=O) groups excluding carboxylic acids is 3. The summed E-state index contributed by atoms with van der Waals surface area (Å²) in [5, 5.41) is 2.51. The topological polar surface area (TPSA) is 88.8 Å². The van der Waals surface area contributed by atoms with Crippen molar-refractivity contribution in [2.24, 2.45) is 5.92 Å². The number of hydrogen-bond donors (Lipinski definition) is 1. The number of esters is 1. The predicted molar refractivity (Wildman–Crippen MR) is 97.6 cm³/mol. The van der Waals surface area contributed by atoms with Crippen LogP contribution in [0.15, 0.2) is 41.0 Å². The van der Waals surface area contributed by atoms with Gasteiger partial charge < -0.3 is 19.4 Å². The monoisotopic (exact) mass is 388 g/mol. The predicted octanol–water partition coefficient (Wildman–Crippen LogP) is 2.65. The van der Waals surface area contributed by atoms with Gasteiger partial charge in [-0.25, -0.2) is 4.39 Å². The largest absolute Gasteiger partial charge is 0.467 e. The van der Waals surface area contributed by atoms with Gasteiger partial charge in [-0.3, -0.25) is 14.4 Å². The van der Waals surface area contributed by atoms with Gasteiger partial charge in [0.15, 0.2) is 6.10 Å². The molecule has 1 saturated heterocycles. The molecule has 3 rings (SSSR count). The summed E-state index contributed by atoms with van der Waals surface area (Å²) in [6, 6.07) is 7.78. The van der Waals surface area contributed by atoms with Crippen molar-refractivity contribution in [1.29, 1.82) is 0 Å². The van der Waals surface area contributed by atoms with Crippen LogP contribution in [0.2, 0.25) is 0 Å². The minimum atomic E-state index is -1.08. The van der Waals surface area contributed by atoms with Crippen molar-refractivity contribution in [2.75, 3.05) is 11.9 Å². The molecule has 1 aromatic carbocycles. The third kappa shape index (κ3) is 4.57. The lowest BCUT2D eigenvalue weighted by molar-refractivity contribution is -0.157. The quantitative estimate of drug-likeness (QED) is 0.769. The van der Waals surface area contributed by atoms with E-state index in [2.05, 4.69) is 5.32 Å². The summed E-state index contributed by atoms with van der Waals surface area (Å²) >= 11 is 0. The third-order valence-electron chi connectivity index (χ3n) is 4.58. The molecule has 0 bridgehead atoms. The molecule has 0 saturated carbocycles. The summed E-state index contributed by atoms with van der Waals surface area (Å²) in [6.07, 6.45) is 0.463. The van der Waals surface area contributed by atoms with Crippen LogP contribution in [0.4, 0.5) is 10.1 Å². The number of carbonyl (C=O) groups is 3. The maximum atomic E-state index is 13.6. The van der Waals surface area contributed by atoms with E-state index in [1.807, 2.05) is 0 Å².